The molecule has 1 aromatic heterocycles. The smallest absolute Gasteiger partial charge is 0.328 e. The van der Waals surface area contributed by atoms with Crippen molar-refractivity contribution in [1.29, 1.82) is 0 Å². The highest BCUT2D eigenvalue weighted by Gasteiger charge is 2.61. The lowest BCUT2D eigenvalue weighted by Gasteiger charge is -2.63. The second-order valence-electron chi connectivity index (χ2n) is 15.0. The Morgan fingerprint density at radius 1 is 0.953 bits per heavy atom. The Labute approximate surface area is 264 Å². The average molecular weight is 625 g/mol. The number of benzene rings is 1. The van der Waals surface area contributed by atoms with Crippen LogP contribution in [0.4, 0.5) is 4.79 Å². The van der Waals surface area contributed by atoms with E-state index in [1.54, 1.807) is 12.1 Å². The van der Waals surface area contributed by atoms with E-state index in [4.69, 9.17) is 0 Å². The maximum Gasteiger partial charge on any atom is 0.328 e. The van der Waals surface area contributed by atoms with E-state index in [1.807, 2.05) is 30.3 Å². The quantitative estimate of drug-likeness (QED) is 0.308. The van der Waals surface area contributed by atoms with Crippen molar-refractivity contribution >= 4 is 27.4 Å². The van der Waals surface area contributed by atoms with Crippen LogP contribution in [0.5, 0.6) is 0 Å². The van der Waals surface area contributed by atoms with E-state index in [0.29, 0.717) is 29.2 Å². The highest BCUT2D eigenvalue weighted by molar-refractivity contribution is 7.92. The molecule has 0 radical (unpaired) electrons. The molecule has 0 aliphatic heterocycles. The van der Waals surface area contributed by atoms with E-state index >= 15 is 0 Å². The van der Waals surface area contributed by atoms with Crippen LogP contribution in [0.3, 0.4) is 0 Å². The lowest BCUT2D eigenvalue weighted by molar-refractivity contribution is -0.138. The molecule has 4 aliphatic rings. The van der Waals surface area contributed by atoms with E-state index in [0.717, 1.165) is 46.5 Å². The van der Waals surface area contributed by atoms with Crippen LogP contribution >= 0.6 is 11.3 Å². The molecule has 4 fully saturated rings. The van der Waals surface area contributed by atoms with Gasteiger partial charge in [-0.25, -0.2) is 17.9 Å². The number of carbonyl (C=O) groups is 1. The molecule has 1 heterocycles. The van der Waals surface area contributed by atoms with Crippen LogP contribution in [-0.4, -0.2) is 21.0 Å². The molecule has 2 N–H and O–H groups in total. The summed E-state index contributed by atoms with van der Waals surface area (Å²) >= 11 is 1.18. The van der Waals surface area contributed by atoms with Gasteiger partial charge in [-0.2, -0.15) is 0 Å². The van der Waals surface area contributed by atoms with Crippen molar-refractivity contribution in [1.82, 2.24) is 10.0 Å². The van der Waals surface area contributed by atoms with Gasteiger partial charge in [0.2, 0.25) is 0 Å². The lowest BCUT2D eigenvalue weighted by atomic mass is 9.42. The molecule has 236 valence electrons. The van der Waals surface area contributed by atoms with Crippen molar-refractivity contribution in [2.45, 2.75) is 103 Å². The maximum absolute atomic E-state index is 12.9. The molecule has 1 aromatic carbocycles. The van der Waals surface area contributed by atoms with E-state index in [9.17, 15) is 13.2 Å². The van der Waals surface area contributed by atoms with Crippen molar-refractivity contribution in [3.8, 4) is 10.4 Å². The van der Waals surface area contributed by atoms with E-state index in [-0.39, 0.29) is 4.21 Å². The Bertz CT molecular complexity index is 1390. The van der Waals surface area contributed by atoms with Crippen molar-refractivity contribution in [2.75, 3.05) is 6.54 Å². The number of amides is 2. The van der Waals surface area contributed by atoms with Crippen LogP contribution in [0.15, 0.2) is 46.7 Å². The molecule has 5 nitrogen and oxygen atoms in total. The average Bonchev–Trinajstić information content (AvgIpc) is 3.62. The molecule has 7 heteroatoms. The lowest BCUT2D eigenvalue weighted by Crippen LogP contribution is -2.55. The van der Waals surface area contributed by atoms with Crippen molar-refractivity contribution in [2.24, 2.45) is 52.3 Å². The minimum Gasteiger partial charge on any atom is -0.337 e. The fourth-order valence-electron chi connectivity index (χ4n) is 11.0. The minimum absolute atomic E-state index is 0.150. The molecule has 4 saturated carbocycles. The molecule has 2 aromatic rings. The zero-order chi connectivity index (χ0) is 30.4. The zero-order valence-electron chi connectivity index (χ0n) is 26.6. The summed E-state index contributed by atoms with van der Waals surface area (Å²) in [5.41, 5.74) is 1.90. The van der Waals surface area contributed by atoms with Crippen molar-refractivity contribution in [3.63, 3.8) is 0 Å². The van der Waals surface area contributed by atoms with Gasteiger partial charge < -0.3 is 5.32 Å². The number of urea groups is 1. The maximum atomic E-state index is 12.9. The number of hydrogen-bond donors (Lipinski definition) is 2. The monoisotopic (exact) mass is 624 g/mol. The van der Waals surface area contributed by atoms with Gasteiger partial charge in [-0.05, 0) is 121 Å². The predicted molar refractivity (Wildman–Crippen MR) is 176 cm³/mol. The van der Waals surface area contributed by atoms with Crippen LogP contribution in [0.2, 0.25) is 0 Å². The molecular weight excluding hydrogens is 573 g/mol. The standard InChI is InChI=1S/C36H52N2O3S2/c1-5-25-23-27-30-15-14-28(36(30,4)21-18-31(27)35(3)20-10-9-13-29(25)35)24(2)19-22-37-34(39)38-43(40,41)33-17-16-32(42-33)26-11-7-6-8-12-26/h6-8,11-12,16-17,24-25,27-31H,5,9-10,13-15,18-23H2,1-4H3,(H2,37,38,39)/t24-,25+,27+,28?,29+,30?,31+,35+,36-/m1/s1. The second-order valence-corrected chi connectivity index (χ2v) is 18.0. The van der Waals surface area contributed by atoms with Crippen molar-refractivity contribution < 1.29 is 13.2 Å². The predicted octanol–water partition coefficient (Wildman–Crippen LogP) is 9.11. The van der Waals surface area contributed by atoms with Crippen LogP contribution in [-0.2, 0) is 10.0 Å². The fraction of sp³-hybridized carbons (Fsp3) is 0.694. The van der Waals surface area contributed by atoms with Gasteiger partial charge in [0.15, 0.2) is 0 Å². The fourth-order valence-corrected chi connectivity index (χ4v) is 13.3. The first-order chi connectivity index (χ1) is 20.6. The molecule has 4 aliphatic carbocycles. The summed E-state index contributed by atoms with van der Waals surface area (Å²) in [5.74, 6) is 5.65. The summed E-state index contributed by atoms with van der Waals surface area (Å²) in [7, 11) is -3.91. The van der Waals surface area contributed by atoms with Gasteiger partial charge in [0, 0.05) is 11.4 Å². The van der Waals surface area contributed by atoms with Gasteiger partial charge in [0.05, 0.1) is 0 Å². The Hall–Kier alpha value is -1.86. The number of nitrogens with one attached hydrogen (secondary N) is 2. The Morgan fingerprint density at radius 3 is 2.49 bits per heavy atom. The molecule has 0 spiro atoms. The highest BCUT2D eigenvalue weighted by atomic mass is 32.2. The molecule has 0 bridgehead atoms. The molecule has 9 atom stereocenters. The minimum atomic E-state index is -3.91. The zero-order valence-corrected chi connectivity index (χ0v) is 28.2. The molecular formula is C36H52N2O3S2. The van der Waals surface area contributed by atoms with Crippen LogP contribution < -0.4 is 10.0 Å². The van der Waals surface area contributed by atoms with Gasteiger partial charge in [0.25, 0.3) is 10.0 Å². The molecule has 6 rings (SSSR count). The van der Waals surface area contributed by atoms with Gasteiger partial charge >= 0.3 is 6.03 Å². The van der Waals surface area contributed by atoms with Crippen LogP contribution in [0.1, 0.15) is 98.3 Å². The summed E-state index contributed by atoms with van der Waals surface area (Å²) < 4.78 is 28.2. The number of rotatable bonds is 8. The summed E-state index contributed by atoms with van der Waals surface area (Å²) in [6.07, 6.45) is 14.9. The third-order valence-corrected chi connectivity index (χ3v) is 16.0. The van der Waals surface area contributed by atoms with Gasteiger partial charge in [-0.15, -0.1) is 11.3 Å². The van der Waals surface area contributed by atoms with E-state index in [1.165, 1.54) is 75.5 Å². The highest BCUT2D eigenvalue weighted by Crippen LogP contribution is 2.69. The van der Waals surface area contributed by atoms with Crippen molar-refractivity contribution in [3.05, 3.63) is 42.5 Å². The summed E-state index contributed by atoms with van der Waals surface area (Å²) in [5, 5.41) is 2.86. The first-order valence-electron chi connectivity index (χ1n) is 17.0. The number of hydrogen-bond acceptors (Lipinski definition) is 4. The first kappa shape index (κ1) is 31.1. The summed E-state index contributed by atoms with van der Waals surface area (Å²) in [4.78, 5) is 13.5. The van der Waals surface area contributed by atoms with Crippen LogP contribution in [0.25, 0.3) is 10.4 Å². The topological polar surface area (TPSA) is 75.3 Å². The molecule has 2 amide bonds. The van der Waals surface area contributed by atoms with E-state index < -0.39 is 16.1 Å². The molecule has 43 heavy (non-hydrogen) atoms. The Morgan fingerprint density at radius 2 is 1.72 bits per heavy atom. The third kappa shape index (κ3) is 5.71. The SMILES string of the molecule is CC[C@H]1C[C@H]2C3CCC([C@H](C)CCNC(=O)NS(=O)(=O)c4ccc(-c5ccccc5)s4)[C@@]3(C)CC[C@@H]2[C@@]2(C)CCCC[C@@H]12. The number of carbonyl (C=O) groups excluding carboxylic acids is 1. The van der Waals surface area contributed by atoms with Crippen LogP contribution in [0, 0.1) is 52.3 Å². The third-order valence-electron chi connectivity index (χ3n) is 13.1. The Kier molecular flexibility index (Phi) is 8.80. The van der Waals surface area contributed by atoms with Gasteiger partial charge in [-0.1, -0.05) is 77.3 Å². The first-order valence-corrected chi connectivity index (χ1v) is 19.3. The molecule has 0 saturated heterocycles. The Balaban J connectivity index is 1.04. The second kappa shape index (κ2) is 12.2. The summed E-state index contributed by atoms with van der Waals surface area (Å²) in [6.45, 7) is 10.6. The summed E-state index contributed by atoms with van der Waals surface area (Å²) in [6, 6.07) is 12.4. The number of sulfonamides is 1. The largest absolute Gasteiger partial charge is 0.337 e. The van der Waals surface area contributed by atoms with Gasteiger partial charge in [0.1, 0.15) is 4.21 Å². The number of thiophene rings is 1. The number of fused-ring (bicyclic) bond motifs is 5. The normalized spacial score (nSPS) is 36.2. The van der Waals surface area contributed by atoms with Gasteiger partial charge in [-0.3, -0.25) is 0 Å². The molecule has 2 unspecified atom stereocenters. The van der Waals surface area contributed by atoms with E-state index in [2.05, 4.69) is 37.7 Å².